The molecule has 0 radical (unpaired) electrons. The van der Waals surface area contributed by atoms with Crippen molar-refractivity contribution >= 4 is 17.3 Å². The molecular weight excluding hydrogens is 238 g/mol. The molecule has 17 heavy (non-hydrogen) atoms. The van der Waals surface area contributed by atoms with Gasteiger partial charge in [0.05, 0.1) is 17.3 Å². The average molecular weight is 252 g/mol. The molecule has 4 nitrogen and oxygen atoms in total. The van der Waals surface area contributed by atoms with E-state index >= 15 is 0 Å². The van der Waals surface area contributed by atoms with Crippen LogP contribution in [0.15, 0.2) is 30.6 Å². The Labute approximate surface area is 105 Å². The lowest BCUT2D eigenvalue weighted by Crippen LogP contribution is -2.07. The molecule has 2 aromatic rings. The largest absolute Gasteiger partial charge is 0.489 e. The summed E-state index contributed by atoms with van der Waals surface area (Å²) in [6.45, 7) is 0.499. The first kappa shape index (κ1) is 11.8. The molecule has 1 aromatic heterocycles. The van der Waals surface area contributed by atoms with E-state index in [1.807, 2.05) is 17.8 Å². The minimum Gasteiger partial charge on any atom is -0.489 e. The number of hydrogen-bond donors (Lipinski definition) is 1. The van der Waals surface area contributed by atoms with Gasteiger partial charge < -0.3 is 15.0 Å². The number of halogens is 1. The summed E-state index contributed by atoms with van der Waals surface area (Å²) in [5.41, 5.74) is 6.33. The highest BCUT2D eigenvalue weighted by Gasteiger charge is 2.06. The van der Waals surface area contributed by atoms with Crippen molar-refractivity contribution in [1.29, 1.82) is 0 Å². The first-order chi connectivity index (χ1) is 8.18. The second-order valence-electron chi connectivity index (χ2n) is 3.71. The summed E-state index contributed by atoms with van der Waals surface area (Å²) in [5.74, 6) is 1.51. The number of nitrogens with two attached hydrogens (primary N) is 1. The second-order valence-corrected chi connectivity index (χ2v) is 4.12. The van der Waals surface area contributed by atoms with Gasteiger partial charge in [-0.15, -0.1) is 0 Å². The average Bonchev–Trinajstić information content (AvgIpc) is 2.69. The van der Waals surface area contributed by atoms with E-state index in [1.165, 1.54) is 0 Å². The van der Waals surface area contributed by atoms with Crippen LogP contribution in [-0.2, 0) is 13.5 Å². The summed E-state index contributed by atoms with van der Waals surface area (Å²) >= 11 is 6.00. The smallest absolute Gasteiger partial charge is 0.160 e. The molecule has 0 saturated carbocycles. The number of nitrogens with zero attached hydrogens (tertiary/aromatic N) is 2. The Morgan fingerprint density at radius 3 is 2.94 bits per heavy atom. The Balaban J connectivity index is 1.97. The van der Waals surface area contributed by atoms with E-state index in [4.69, 9.17) is 22.1 Å². The van der Waals surface area contributed by atoms with Crippen LogP contribution in [0.25, 0.3) is 0 Å². The fourth-order valence-electron chi connectivity index (χ4n) is 1.56. The minimum absolute atomic E-state index is 0.499. The Bertz CT molecular complexity index is 490. The van der Waals surface area contributed by atoms with Crippen LogP contribution in [0, 0.1) is 0 Å². The molecule has 5 heteroatoms. The third-order valence-corrected chi connectivity index (χ3v) is 2.79. The van der Waals surface area contributed by atoms with Crippen molar-refractivity contribution in [3.8, 4) is 5.75 Å². The molecule has 1 aromatic carbocycles. The topological polar surface area (TPSA) is 53.1 Å². The normalized spacial score (nSPS) is 10.5. The molecule has 0 fully saturated rings. The predicted molar refractivity (Wildman–Crippen MR) is 68.3 cm³/mol. The number of para-hydroxylation sites is 1. The molecule has 0 aliphatic carbocycles. The number of imidazole rings is 1. The summed E-state index contributed by atoms with van der Waals surface area (Å²) in [5, 5.41) is 0.532. The van der Waals surface area contributed by atoms with Gasteiger partial charge in [-0.25, -0.2) is 4.98 Å². The maximum Gasteiger partial charge on any atom is 0.160 e. The number of anilines is 1. The minimum atomic E-state index is 0.499. The molecule has 0 spiro atoms. The van der Waals surface area contributed by atoms with Crippen molar-refractivity contribution in [2.45, 2.75) is 6.42 Å². The highest BCUT2D eigenvalue weighted by Crippen LogP contribution is 2.30. The van der Waals surface area contributed by atoms with Gasteiger partial charge in [0.25, 0.3) is 0 Å². The summed E-state index contributed by atoms with van der Waals surface area (Å²) in [7, 11) is 1.95. The van der Waals surface area contributed by atoms with E-state index in [0.29, 0.717) is 29.5 Å². The van der Waals surface area contributed by atoms with E-state index in [2.05, 4.69) is 4.98 Å². The zero-order valence-electron chi connectivity index (χ0n) is 9.56. The lowest BCUT2D eigenvalue weighted by molar-refractivity contribution is 0.319. The third-order valence-electron chi connectivity index (χ3n) is 2.49. The SMILES string of the molecule is Cn1ccnc1CCOc1c(N)cccc1Cl. The zero-order chi connectivity index (χ0) is 12.3. The molecule has 90 valence electrons. The molecule has 2 rings (SSSR count). The highest BCUT2D eigenvalue weighted by molar-refractivity contribution is 6.32. The van der Waals surface area contributed by atoms with E-state index in [1.54, 1.807) is 24.4 Å². The molecule has 0 aliphatic rings. The van der Waals surface area contributed by atoms with Crippen LogP contribution in [0.1, 0.15) is 5.82 Å². The van der Waals surface area contributed by atoms with Crippen LogP contribution in [-0.4, -0.2) is 16.2 Å². The number of hydrogen-bond acceptors (Lipinski definition) is 3. The van der Waals surface area contributed by atoms with Crippen LogP contribution in [0.3, 0.4) is 0 Å². The number of aromatic nitrogens is 2. The fourth-order valence-corrected chi connectivity index (χ4v) is 1.80. The van der Waals surface area contributed by atoms with Crippen LogP contribution in [0.4, 0.5) is 5.69 Å². The van der Waals surface area contributed by atoms with Gasteiger partial charge in [-0.1, -0.05) is 17.7 Å². The summed E-state index contributed by atoms with van der Waals surface area (Å²) in [6, 6.07) is 5.32. The molecular formula is C12H14ClN3O. The number of ether oxygens (including phenoxy) is 1. The highest BCUT2D eigenvalue weighted by atomic mass is 35.5. The molecule has 0 atom stereocenters. The molecule has 0 amide bonds. The third kappa shape index (κ3) is 2.71. The zero-order valence-corrected chi connectivity index (χ0v) is 10.3. The van der Waals surface area contributed by atoms with Crippen molar-refractivity contribution < 1.29 is 4.74 Å². The van der Waals surface area contributed by atoms with Gasteiger partial charge in [-0.2, -0.15) is 0 Å². The number of aryl methyl sites for hydroxylation is 1. The van der Waals surface area contributed by atoms with Crippen LogP contribution < -0.4 is 10.5 Å². The van der Waals surface area contributed by atoms with E-state index in [-0.39, 0.29) is 0 Å². The molecule has 0 aliphatic heterocycles. The first-order valence-corrected chi connectivity index (χ1v) is 5.69. The molecule has 0 bridgehead atoms. The molecule has 1 heterocycles. The maximum absolute atomic E-state index is 6.00. The molecule has 0 unspecified atom stereocenters. The van der Waals surface area contributed by atoms with Gasteiger partial charge in [-0.3, -0.25) is 0 Å². The predicted octanol–water partition coefficient (Wildman–Crippen LogP) is 2.28. The van der Waals surface area contributed by atoms with Crippen molar-refractivity contribution in [2.24, 2.45) is 7.05 Å². The van der Waals surface area contributed by atoms with Gasteiger partial charge in [0.15, 0.2) is 5.75 Å². The standard InChI is InChI=1S/C12H14ClN3O/c1-16-7-6-15-11(16)5-8-17-12-9(13)3-2-4-10(12)14/h2-4,6-7H,5,8,14H2,1H3. The molecule has 2 N–H and O–H groups in total. The lowest BCUT2D eigenvalue weighted by Gasteiger charge is -2.10. The second kappa shape index (κ2) is 5.10. The van der Waals surface area contributed by atoms with Crippen molar-refractivity contribution in [2.75, 3.05) is 12.3 Å². The van der Waals surface area contributed by atoms with Gasteiger partial charge in [0, 0.05) is 25.9 Å². The summed E-state index contributed by atoms with van der Waals surface area (Å²) < 4.78 is 7.54. The quantitative estimate of drug-likeness (QED) is 0.849. The van der Waals surface area contributed by atoms with Gasteiger partial charge >= 0.3 is 0 Å². The fraction of sp³-hybridized carbons (Fsp3) is 0.250. The van der Waals surface area contributed by atoms with Crippen LogP contribution in [0.2, 0.25) is 5.02 Å². The number of rotatable bonds is 4. The Kier molecular flexibility index (Phi) is 3.54. The van der Waals surface area contributed by atoms with Crippen molar-refractivity contribution in [3.05, 3.63) is 41.4 Å². The number of benzene rings is 1. The Morgan fingerprint density at radius 1 is 1.47 bits per heavy atom. The van der Waals surface area contributed by atoms with Gasteiger partial charge in [0.1, 0.15) is 5.82 Å². The molecule has 0 saturated heterocycles. The lowest BCUT2D eigenvalue weighted by atomic mass is 10.3. The van der Waals surface area contributed by atoms with Crippen LogP contribution in [0.5, 0.6) is 5.75 Å². The Hall–Kier alpha value is -1.68. The van der Waals surface area contributed by atoms with E-state index in [9.17, 15) is 0 Å². The number of nitrogen functional groups attached to an aromatic ring is 1. The Morgan fingerprint density at radius 2 is 2.29 bits per heavy atom. The van der Waals surface area contributed by atoms with Crippen molar-refractivity contribution in [1.82, 2.24) is 9.55 Å². The summed E-state index contributed by atoms with van der Waals surface area (Å²) in [4.78, 5) is 4.21. The van der Waals surface area contributed by atoms with Crippen LogP contribution >= 0.6 is 11.6 Å². The maximum atomic E-state index is 6.00. The van der Waals surface area contributed by atoms with E-state index < -0.39 is 0 Å². The first-order valence-electron chi connectivity index (χ1n) is 5.31. The van der Waals surface area contributed by atoms with Gasteiger partial charge in [0.2, 0.25) is 0 Å². The monoisotopic (exact) mass is 251 g/mol. The van der Waals surface area contributed by atoms with Gasteiger partial charge in [-0.05, 0) is 12.1 Å². The van der Waals surface area contributed by atoms with E-state index in [0.717, 1.165) is 5.82 Å². The summed E-state index contributed by atoms with van der Waals surface area (Å²) in [6.07, 6.45) is 4.38. The van der Waals surface area contributed by atoms with Crippen molar-refractivity contribution in [3.63, 3.8) is 0 Å².